The minimum absolute atomic E-state index is 0.0125. The predicted octanol–water partition coefficient (Wildman–Crippen LogP) is 5.96. The summed E-state index contributed by atoms with van der Waals surface area (Å²) >= 11 is 0. The number of amides is 1. The Morgan fingerprint density at radius 2 is 1.88 bits per heavy atom. The lowest BCUT2D eigenvalue weighted by atomic mass is 9.99. The number of aromatic nitrogens is 2. The van der Waals surface area contributed by atoms with Crippen molar-refractivity contribution in [1.82, 2.24) is 9.78 Å². The Bertz CT molecular complexity index is 1530. The van der Waals surface area contributed by atoms with E-state index in [-0.39, 0.29) is 23.7 Å². The van der Waals surface area contributed by atoms with Crippen LogP contribution in [0, 0.1) is 11.7 Å². The van der Waals surface area contributed by atoms with Gasteiger partial charge in [0.25, 0.3) is 5.91 Å². The summed E-state index contributed by atoms with van der Waals surface area (Å²) in [6, 6.07) is 17.4. The Kier molecular flexibility index (Phi) is 7.59. The Labute approximate surface area is 227 Å². The average molecular weight is 555 g/mol. The minimum Gasteiger partial charge on any atom is -0.508 e. The standard InChI is InChI=1S/C29H26F4N4O3/c30-22-11-10-19(27(40-16-17-8-9-17)21-6-1-2-7-25(21)38)13-23(22)35-28(39)24-14-26(29(31,32)33)36-37(24)20-5-3-4-18(12-20)15-34/h1-7,10-14,17,27,38H,8-9,15-16,34H2,(H,35,39). The molecule has 0 saturated heterocycles. The predicted molar refractivity (Wildman–Crippen MR) is 139 cm³/mol. The number of benzene rings is 3. The van der Waals surface area contributed by atoms with Gasteiger partial charge < -0.3 is 20.9 Å². The summed E-state index contributed by atoms with van der Waals surface area (Å²) in [5.74, 6) is -1.42. The van der Waals surface area contributed by atoms with Crippen LogP contribution in [0.3, 0.4) is 0 Å². The summed E-state index contributed by atoms with van der Waals surface area (Å²) in [6.45, 7) is 0.557. The van der Waals surface area contributed by atoms with Crippen LogP contribution in [0.2, 0.25) is 0 Å². The molecule has 0 spiro atoms. The summed E-state index contributed by atoms with van der Waals surface area (Å²) in [5.41, 5.74) is 5.37. The molecule has 1 aliphatic rings. The summed E-state index contributed by atoms with van der Waals surface area (Å²) in [6.07, 6.45) is -3.53. The number of carbonyl (C=O) groups is 1. The third kappa shape index (κ3) is 6.00. The molecule has 40 heavy (non-hydrogen) atoms. The normalized spacial score (nSPS) is 14.2. The summed E-state index contributed by atoms with van der Waals surface area (Å²) in [7, 11) is 0. The molecule has 4 aromatic rings. The number of halogens is 4. The molecule has 1 atom stereocenters. The number of rotatable bonds is 9. The number of hydrogen-bond acceptors (Lipinski definition) is 5. The highest BCUT2D eigenvalue weighted by molar-refractivity contribution is 6.03. The zero-order chi connectivity index (χ0) is 28.4. The Morgan fingerprint density at radius 3 is 2.58 bits per heavy atom. The molecule has 1 aromatic heterocycles. The number of phenols is 1. The van der Waals surface area contributed by atoms with Crippen molar-refractivity contribution in [1.29, 1.82) is 0 Å². The number of anilines is 1. The van der Waals surface area contributed by atoms with E-state index in [1.54, 1.807) is 30.3 Å². The lowest BCUT2D eigenvalue weighted by Crippen LogP contribution is -2.18. The average Bonchev–Trinajstić information content (AvgIpc) is 3.64. The Hall–Kier alpha value is -4.22. The van der Waals surface area contributed by atoms with Crippen LogP contribution in [-0.2, 0) is 17.5 Å². The van der Waals surface area contributed by atoms with Gasteiger partial charge in [-0.25, -0.2) is 9.07 Å². The van der Waals surface area contributed by atoms with Crippen molar-refractivity contribution in [2.75, 3.05) is 11.9 Å². The van der Waals surface area contributed by atoms with Gasteiger partial charge in [0.2, 0.25) is 0 Å². The van der Waals surface area contributed by atoms with Gasteiger partial charge in [0.15, 0.2) is 5.69 Å². The van der Waals surface area contributed by atoms with Gasteiger partial charge in [0, 0.05) is 18.2 Å². The number of nitrogens with two attached hydrogens (primary N) is 1. The van der Waals surface area contributed by atoms with Crippen LogP contribution in [0.15, 0.2) is 72.8 Å². The number of nitrogens with one attached hydrogen (secondary N) is 1. The molecule has 5 rings (SSSR count). The van der Waals surface area contributed by atoms with Crippen molar-refractivity contribution < 1.29 is 32.2 Å². The fourth-order valence-electron chi connectivity index (χ4n) is 4.27. The lowest BCUT2D eigenvalue weighted by Gasteiger charge is -2.21. The van der Waals surface area contributed by atoms with Crippen molar-refractivity contribution >= 4 is 11.6 Å². The minimum atomic E-state index is -4.82. The molecular formula is C29H26F4N4O3. The number of para-hydroxylation sites is 1. The maximum absolute atomic E-state index is 14.9. The Morgan fingerprint density at radius 1 is 1.10 bits per heavy atom. The van der Waals surface area contributed by atoms with Gasteiger partial charge in [0.05, 0.1) is 18.0 Å². The van der Waals surface area contributed by atoms with E-state index in [9.17, 15) is 27.5 Å². The molecular weight excluding hydrogens is 528 g/mol. The molecule has 1 fully saturated rings. The van der Waals surface area contributed by atoms with E-state index in [1.807, 2.05) is 0 Å². The second kappa shape index (κ2) is 11.1. The molecule has 1 saturated carbocycles. The van der Waals surface area contributed by atoms with Crippen molar-refractivity contribution in [2.24, 2.45) is 11.7 Å². The topological polar surface area (TPSA) is 102 Å². The molecule has 1 aliphatic carbocycles. The summed E-state index contributed by atoms with van der Waals surface area (Å²) in [4.78, 5) is 13.3. The van der Waals surface area contributed by atoms with Gasteiger partial charge in [-0.3, -0.25) is 4.79 Å². The zero-order valence-corrected chi connectivity index (χ0v) is 21.2. The van der Waals surface area contributed by atoms with E-state index in [1.165, 1.54) is 30.3 Å². The van der Waals surface area contributed by atoms with E-state index in [4.69, 9.17) is 10.5 Å². The highest BCUT2D eigenvalue weighted by Gasteiger charge is 2.36. The second-order valence-corrected chi connectivity index (χ2v) is 9.61. The molecule has 0 radical (unpaired) electrons. The molecule has 1 amide bonds. The first-order valence-corrected chi connectivity index (χ1v) is 12.6. The molecule has 0 aliphatic heterocycles. The number of ether oxygens (including phenoxy) is 1. The van der Waals surface area contributed by atoms with Gasteiger partial charge in [-0.05, 0) is 60.2 Å². The third-order valence-corrected chi connectivity index (χ3v) is 6.58. The molecule has 4 N–H and O–H groups in total. The molecule has 11 heteroatoms. The first kappa shape index (κ1) is 27.4. The quantitative estimate of drug-likeness (QED) is 0.222. The van der Waals surface area contributed by atoms with Crippen molar-refractivity contribution in [3.05, 3.63) is 107 Å². The molecule has 1 heterocycles. The number of alkyl halides is 3. The lowest BCUT2D eigenvalue weighted by molar-refractivity contribution is -0.141. The largest absolute Gasteiger partial charge is 0.508 e. The van der Waals surface area contributed by atoms with Gasteiger partial charge in [-0.1, -0.05) is 36.4 Å². The van der Waals surface area contributed by atoms with E-state index in [0.29, 0.717) is 35.3 Å². The van der Waals surface area contributed by atoms with Crippen LogP contribution in [0.5, 0.6) is 5.75 Å². The monoisotopic (exact) mass is 554 g/mol. The second-order valence-electron chi connectivity index (χ2n) is 9.61. The SMILES string of the molecule is NCc1cccc(-n2nc(C(F)(F)F)cc2C(=O)Nc2cc(C(OCC3CC3)c3ccccc3O)ccc2F)c1. The van der Waals surface area contributed by atoms with Crippen LogP contribution in [-0.4, -0.2) is 27.4 Å². The van der Waals surface area contributed by atoms with Crippen LogP contribution in [0.25, 0.3) is 5.69 Å². The van der Waals surface area contributed by atoms with Gasteiger partial charge >= 0.3 is 6.18 Å². The molecule has 7 nitrogen and oxygen atoms in total. The maximum atomic E-state index is 14.9. The van der Waals surface area contributed by atoms with Gasteiger partial charge in [-0.2, -0.15) is 18.3 Å². The van der Waals surface area contributed by atoms with Crippen LogP contribution >= 0.6 is 0 Å². The molecule has 1 unspecified atom stereocenters. The highest BCUT2D eigenvalue weighted by atomic mass is 19.4. The van der Waals surface area contributed by atoms with Crippen LogP contribution in [0.4, 0.5) is 23.2 Å². The van der Waals surface area contributed by atoms with Crippen molar-refractivity contribution in [2.45, 2.75) is 31.7 Å². The first-order valence-electron chi connectivity index (χ1n) is 12.6. The number of hydrogen-bond donors (Lipinski definition) is 3. The van der Waals surface area contributed by atoms with E-state index >= 15 is 0 Å². The fraction of sp³-hybridized carbons (Fsp3) is 0.241. The third-order valence-electron chi connectivity index (χ3n) is 6.58. The Balaban J connectivity index is 1.49. The van der Waals surface area contributed by atoms with Gasteiger partial charge in [-0.15, -0.1) is 0 Å². The van der Waals surface area contributed by atoms with Crippen molar-refractivity contribution in [3.63, 3.8) is 0 Å². The summed E-state index contributed by atoms with van der Waals surface area (Å²) in [5, 5.41) is 16.4. The molecule has 208 valence electrons. The van der Waals surface area contributed by atoms with Crippen LogP contribution < -0.4 is 11.1 Å². The zero-order valence-electron chi connectivity index (χ0n) is 21.2. The van der Waals surface area contributed by atoms with E-state index in [0.717, 1.165) is 23.6 Å². The van der Waals surface area contributed by atoms with E-state index in [2.05, 4.69) is 10.4 Å². The fourth-order valence-corrected chi connectivity index (χ4v) is 4.27. The molecule has 0 bridgehead atoms. The van der Waals surface area contributed by atoms with Crippen molar-refractivity contribution in [3.8, 4) is 11.4 Å². The molecule has 3 aromatic carbocycles. The highest BCUT2D eigenvalue weighted by Crippen LogP contribution is 2.37. The summed E-state index contributed by atoms with van der Waals surface area (Å²) < 4.78 is 62.5. The van der Waals surface area contributed by atoms with E-state index < -0.39 is 35.4 Å². The number of nitrogens with zero attached hydrogens (tertiary/aromatic N) is 2. The van der Waals surface area contributed by atoms with Gasteiger partial charge in [0.1, 0.15) is 23.4 Å². The van der Waals surface area contributed by atoms with Crippen LogP contribution in [0.1, 0.15) is 51.8 Å². The number of phenolic OH excluding ortho intramolecular Hbond substituents is 1. The smallest absolute Gasteiger partial charge is 0.435 e. The maximum Gasteiger partial charge on any atom is 0.435 e. The first-order chi connectivity index (χ1) is 19.1. The number of carbonyl (C=O) groups excluding carboxylic acids is 1. The number of aromatic hydroxyl groups is 1.